The molecule has 2 aliphatic heterocycles. The van der Waals surface area contributed by atoms with Crippen LogP contribution in [0.2, 0.25) is 16.6 Å². The van der Waals surface area contributed by atoms with Gasteiger partial charge in [-0.3, -0.25) is 4.84 Å². The van der Waals surface area contributed by atoms with Crippen LogP contribution in [0.15, 0.2) is 24.8 Å². The third-order valence-corrected chi connectivity index (χ3v) is 14.6. The summed E-state index contributed by atoms with van der Waals surface area (Å²) >= 11 is 0. The molecule has 0 aromatic rings. The summed E-state index contributed by atoms with van der Waals surface area (Å²) in [6, 6.07) is 0.509. The van der Waals surface area contributed by atoms with E-state index < -0.39 is 8.07 Å². The monoisotopic (exact) mass is 413 g/mol. The van der Waals surface area contributed by atoms with Crippen molar-refractivity contribution in [2.24, 2.45) is 5.92 Å². The first kappa shape index (κ1) is 22.9. The van der Waals surface area contributed by atoms with Crippen molar-refractivity contribution in [2.45, 2.75) is 121 Å². The van der Waals surface area contributed by atoms with Crippen molar-refractivity contribution in [3.8, 4) is 11.5 Å². The van der Waals surface area contributed by atoms with Gasteiger partial charge in [0.05, 0.1) is 11.6 Å². The highest BCUT2D eigenvalue weighted by molar-refractivity contribution is 6.90. The van der Waals surface area contributed by atoms with E-state index >= 15 is 0 Å². The van der Waals surface area contributed by atoms with Gasteiger partial charge in [-0.2, -0.15) is 5.06 Å². The van der Waals surface area contributed by atoms with E-state index in [2.05, 4.69) is 82.9 Å². The zero-order valence-corrected chi connectivity index (χ0v) is 20.7. The molecule has 1 spiro atoms. The standard InChI is InChI=1S/C26H43NOSi/c1-8-13-23-14-11-17-26-18-12-16-25(28-27(23)26)24(26)15-9-10-19-29(20(2)3,21(4)5)22(6)7/h8-9,15,20-25H,1,11-14,16-18H2,2-7H3/b15-9-/t23-,24?,25?,26?/m1/s1. The minimum absolute atomic E-state index is 0.204. The molecule has 3 fully saturated rings. The Labute approximate surface area is 181 Å². The molecule has 3 heteroatoms. The lowest BCUT2D eigenvalue weighted by molar-refractivity contribution is -0.221. The van der Waals surface area contributed by atoms with Gasteiger partial charge in [-0.25, -0.2) is 0 Å². The molecule has 0 aromatic heterocycles. The fourth-order valence-electron chi connectivity index (χ4n) is 7.00. The van der Waals surface area contributed by atoms with Gasteiger partial charge in [0, 0.05) is 12.0 Å². The van der Waals surface area contributed by atoms with Crippen LogP contribution in [-0.4, -0.2) is 30.8 Å². The van der Waals surface area contributed by atoms with Crippen molar-refractivity contribution in [2.75, 3.05) is 0 Å². The Morgan fingerprint density at radius 1 is 1.07 bits per heavy atom. The molecule has 162 valence electrons. The van der Waals surface area contributed by atoms with Crippen LogP contribution in [0.3, 0.4) is 0 Å². The summed E-state index contributed by atoms with van der Waals surface area (Å²) in [5.41, 5.74) is 6.11. The number of hydrogen-bond donors (Lipinski definition) is 0. The van der Waals surface area contributed by atoms with Crippen LogP contribution in [0.25, 0.3) is 0 Å². The molecule has 2 nitrogen and oxygen atoms in total. The lowest BCUT2D eigenvalue weighted by Crippen LogP contribution is -2.55. The summed E-state index contributed by atoms with van der Waals surface area (Å²) in [5, 5.41) is 2.42. The smallest absolute Gasteiger partial charge is 0.146 e. The maximum Gasteiger partial charge on any atom is 0.146 e. The summed E-state index contributed by atoms with van der Waals surface area (Å²) in [4.78, 5) is 6.57. The second-order valence-corrected chi connectivity index (χ2v) is 16.2. The van der Waals surface area contributed by atoms with Crippen molar-refractivity contribution in [1.82, 2.24) is 5.06 Å². The molecule has 3 aliphatic rings. The first-order chi connectivity index (χ1) is 13.8. The number of rotatable bonds is 6. The van der Waals surface area contributed by atoms with Gasteiger partial charge >= 0.3 is 0 Å². The molecular formula is C26H43NOSi. The Balaban J connectivity index is 1.84. The summed E-state index contributed by atoms with van der Waals surface area (Å²) in [5.74, 6) is 4.05. The Bertz CT molecular complexity index is 644. The number of hydrogen-bond acceptors (Lipinski definition) is 2. The molecule has 0 N–H and O–H groups in total. The predicted molar refractivity (Wildman–Crippen MR) is 127 cm³/mol. The Hall–Kier alpha value is -0.823. The van der Waals surface area contributed by atoms with Crippen LogP contribution in [0.5, 0.6) is 0 Å². The SMILES string of the molecule is C=CC[C@@H]1CCCC23CCCC(ON12)C3/C=C\C#C[Si](C(C)C)(C(C)C)C(C)C. The molecule has 2 saturated heterocycles. The van der Waals surface area contributed by atoms with Crippen LogP contribution < -0.4 is 0 Å². The second-order valence-electron chi connectivity index (χ2n) is 10.6. The summed E-state index contributed by atoms with van der Waals surface area (Å²) < 4.78 is 0. The molecule has 4 atom stereocenters. The number of allylic oxidation sites excluding steroid dienone is 1. The highest BCUT2D eigenvalue weighted by Crippen LogP contribution is 2.54. The molecular weight excluding hydrogens is 370 g/mol. The lowest BCUT2D eigenvalue weighted by atomic mass is 9.67. The molecule has 1 saturated carbocycles. The fourth-order valence-corrected chi connectivity index (χ4v) is 12.2. The topological polar surface area (TPSA) is 12.5 Å². The maximum absolute atomic E-state index is 6.57. The van der Waals surface area contributed by atoms with E-state index in [1.807, 2.05) is 0 Å². The molecule has 3 unspecified atom stereocenters. The predicted octanol–water partition coefficient (Wildman–Crippen LogP) is 7.05. The first-order valence-corrected chi connectivity index (χ1v) is 14.3. The minimum atomic E-state index is -1.66. The van der Waals surface area contributed by atoms with Crippen LogP contribution in [0.4, 0.5) is 0 Å². The molecule has 3 rings (SSSR count). The number of fused-ring (bicyclic) bond motifs is 1. The zero-order valence-electron chi connectivity index (χ0n) is 19.7. The van der Waals surface area contributed by atoms with Gasteiger partial charge in [0.15, 0.2) is 0 Å². The van der Waals surface area contributed by atoms with E-state index in [-0.39, 0.29) is 5.54 Å². The third-order valence-electron chi connectivity index (χ3n) is 8.27. The van der Waals surface area contributed by atoms with Crippen LogP contribution in [0.1, 0.15) is 86.5 Å². The highest BCUT2D eigenvalue weighted by Gasteiger charge is 2.58. The first-order valence-electron chi connectivity index (χ1n) is 12.1. The number of piperidine rings is 1. The van der Waals surface area contributed by atoms with E-state index in [1.165, 1.54) is 38.5 Å². The summed E-state index contributed by atoms with van der Waals surface area (Å²) in [6.45, 7) is 18.3. The van der Waals surface area contributed by atoms with E-state index in [0.29, 0.717) is 34.7 Å². The van der Waals surface area contributed by atoms with Gasteiger partial charge in [0.1, 0.15) is 8.07 Å². The quantitative estimate of drug-likeness (QED) is 0.263. The molecule has 0 radical (unpaired) electrons. The van der Waals surface area contributed by atoms with Crippen molar-refractivity contribution in [1.29, 1.82) is 0 Å². The number of nitrogens with zero attached hydrogens (tertiary/aromatic N) is 1. The van der Waals surface area contributed by atoms with Gasteiger partial charge in [-0.1, -0.05) is 59.6 Å². The summed E-state index contributed by atoms with van der Waals surface area (Å²) in [6.07, 6.45) is 15.6. The third kappa shape index (κ3) is 3.93. The van der Waals surface area contributed by atoms with Crippen molar-refractivity contribution >= 4 is 8.07 Å². The largest absolute Gasteiger partial charge is 0.294 e. The van der Waals surface area contributed by atoms with Gasteiger partial charge in [0.25, 0.3) is 0 Å². The van der Waals surface area contributed by atoms with Gasteiger partial charge < -0.3 is 0 Å². The van der Waals surface area contributed by atoms with Crippen LogP contribution >= 0.6 is 0 Å². The molecule has 2 heterocycles. The molecule has 0 amide bonds. The average Bonchev–Trinajstić information content (AvgIpc) is 2.82. The molecule has 2 bridgehead atoms. The van der Waals surface area contributed by atoms with E-state index in [4.69, 9.17) is 4.84 Å². The van der Waals surface area contributed by atoms with Crippen LogP contribution in [-0.2, 0) is 4.84 Å². The van der Waals surface area contributed by atoms with Crippen molar-refractivity contribution < 1.29 is 4.84 Å². The van der Waals surface area contributed by atoms with E-state index in [9.17, 15) is 0 Å². The Morgan fingerprint density at radius 3 is 2.28 bits per heavy atom. The van der Waals surface area contributed by atoms with E-state index in [0.717, 1.165) is 6.42 Å². The van der Waals surface area contributed by atoms with Crippen LogP contribution in [0, 0.1) is 17.4 Å². The second kappa shape index (κ2) is 9.12. The molecule has 1 aliphatic carbocycles. The van der Waals surface area contributed by atoms with Gasteiger partial charge in [-0.15, -0.1) is 12.1 Å². The van der Waals surface area contributed by atoms with Crippen molar-refractivity contribution in [3.63, 3.8) is 0 Å². The highest BCUT2D eigenvalue weighted by atomic mass is 28.3. The minimum Gasteiger partial charge on any atom is -0.294 e. The maximum atomic E-state index is 6.57. The Kier molecular flexibility index (Phi) is 7.19. The normalized spacial score (nSPS) is 32.7. The van der Waals surface area contributed by atoms with Gasteiger partial charge in [0.2, 0.25) is 0 Å². The molecule has 0 aromatic carbocycles. The van der Waals surface area contributed by atoms with Crippen molar-refractivity contribution in [3.05, 3.63) is 24.8 Å². The molecule has 29 heavy (non-hydrogen) atoms. The number of hydroxylamine groups is 2. The summed E-state index contributed by atoms with van der Waals surface area (Å²) in [7, 11) is -1.66. The Morgan fingerprint density at radius 2 is 1.69 bits per heavy atom. The zero-order chi connectivity index (χ0) is 21.2. The average molecular weight is 414 g/mol. The van der Waals surface area contributed by atoms with Gasteiger partial charge in [-0.05, 0) is 67.6 Å². The van der Waals surface area contributed by atoms with E-state index in [1.54, 1.807) is 0 Å². The fraction of sp³-hybridized carbons (Fsp3) is 0.769. The lowest BCUT2D eigenvalue weighted by Gasteiger charge is -2.47.